The summed E-state index contributed by atoms with van der Waals surface area (Å²) in [6.07, 6.45) is 1.63. The van der Waals surface area contributed by atoms with Crippen molar-refractivity contribution in [3.63, 3.8) is 0 Å². The summed E-state index contributed by atoms with van der Waals surface area (Å²) in [5.74, 6) is -1.08. The van der Waals surface area contributed by atoms with Crippen LogP contribution in [0.1, 0.15) is 49.7 Å². The van der Waals surface area contributed by atoms with E-state index in [4.69, 9.17) is 4.74 Å². The summed E-state index contributed by atoms with van der Waals surface area (Å²) in [5.41, 5.74) is 4.41. The molecule has 1 fully saturated rings. The minimum atomic E-state index is -0.996. The van der Waals surface area contributed by atoms with Gasteiger partial charge in [-0.2, -0.15) is 0 Å². The lowest BCUT2D eigenvalue weighted by molar-refractivity contribution is -0.131. The molecule has 36 heavy (non-hydrogen) atoms. The van der Waals surface area contributed by atoms with Crippen LogP contribution < -0.4 is 5.32 Å². The van der Waals surface area contributed by atoms with E-state index in [2.05, 4.69) is 5.32 Å². The van der Waals surface area contributed by atoms with Gasteiger partial charge in [-0.15, -0.1) is 0 Å². The number of methoxy groups -OCH3 is 1. The van der Waals surface area contributed by atoms with Crippen molar-refractivity contribution in [3.05, 3.63) is 88.2 Å². The van der Waals surface area contributed by atoms with Crippen LogP contribution in [0.3, 0.4) is 0 Å². The molecule has 1 saturated heterocycles. The number of urea groups is 1. The molecular formula is C28H27N3O5. The Labute approximate surface area is 208 Å². The third-order valence-corrected chi connectivity index (χ3v) is 7.26. The monoisotopic (exact) mass is 485 g/mol. The summed E-state index contributed by atoms with van der Waals surface area (Å²) in [4.78, 5) is 52.3. The number of carbonyl (C=O) groups is 4. The highest BCUT2D eigenvalue weighted by Gasteiger charge is 2.52. The van der Waals surface area contributed by atoms with Crippen molar-refractivity contribution in [2.45, 2.75) is 38.6 Å². The molecule has 8 heteroatoms. The van der Waals surface area contributed by atoms with Gasteiger partial charge in [0.2, 0.25) is 0 Å². The van der Waals surface area contributed by atoms with Crippen molar-refractivity contribution >= 4 is 23.7 Å². The van der Waals surface area contributed by atoms with Crippen LogP contribution in [0.5, 0.6) is 0 Å². The number of carbonyl (C=O) groups excluding carboxylic acids is 4. The number of amides is 3. The van der Waals surface area contributed by atoms with Gasteiger partial charge in [0.05, 0.1) is 19.2 Å². The first kappa shape index (κ1) is 23.5. The number of ether oxygens (including phenoxy) is 1. The molecule has 1 aliphatic heterocycles. The molecule has 1 unspecified atom stereocenters. The lowest BCUT2D eigenvalue weighted by atomic mass is 9.78. The van der Waals surface area contributed by atoms with E-state index >= 15 is 0 Å². The van der Waals surface area contributed by atoms with Crippen molar-refractivity contribution in [1.29, 1.82) is 0 Å². The SMILES string of the molecule is COC(=O)c1ccc(-n2c(C)cc(C(=O)CN3C(=O)NC4(CCc5ccccc5C4)C3=O)c2C)cc1. The number of fused-ring (bicyclic) bond motifs is 1. The van der Waals surface area contributed by atoms with Crippen molar-refractivity contribution < 1.29 is 23.9 Å². The first-order valence-corrected chi connectivity index (χ1v) is 11.9. The van der Waals surface area contributed by atoms with Gasteiger partial charge in [0.25, 0.3) is 5.91 Å². The molecule has 0 bridgehead atoms. The van der Waals surface area contributed by atoms with E-state index in [0.29, 0.717) is 36.1 Å². The zero-order valence-electron chi connectivity index (χ0n) is 20.5. The molecule has 5 rings (SSSR count). The maximum Gasteiger partial charge on any atom is 0.337 e. The molecule has 2 aromatic carbocycles. The summed E-state index contributed by atoms with van der Waals surface area (Å²) < 4.78 is 6.65. The molecule has 3 aromatic rings. The molecule has 2 aliphatic rings. The van der Waals surface area contributed by atoms with Crippen LogP contribution in [0, 0.1) is 13.8 Å². The number of aromatic nitrogens is 1. The predicted molar refractivity (Wildman–Crippen MR) is 132 cm³/mol. The third-order valence-electron chi connectivity index (χ3n) is 7.26. The van der Waals surface area contributed by atoms with Crippen LogP contribution in [-0.4, -0.2) is 52.4 Å². The molecule has 0 radical (unpaired) electrons. The van der Waals surface area contributed by atoms with E-state index in [9.17, 15) is 19.2 Å². The van der Waals surface area contributed by atoms with Crippen LogP contribution in [0.25, 0.3) is 5.69 Å². The Balaban J connectivity index is 1.37. The van der Waals surface area contributed by atoms with Gasteiger partial charge in [-0.3, -0.25) is 14.5 Å². The Hall–Kier alpha value is -4.20. The maximum absolute atomic E-state index is 13.4. The second-order valence-electron chi connectivity index (χ2n) is 9.43. The van der Waals surface area contributed by atoms with Crippen LogP contribution in [0.15, 0.2) is 54.6 Å². The van der Waals surface area contributed by atoms with E-state index in [1.165, 1.54) is 12.7 Å². The summed E-state index contributed by atoms with van der Waals surface area (Å²) in [7, 11) is 1.33. The van der Waals surface area contributed by atoms with E-state index in [0.717, 1.165) is 21.8 Å². The van der Waals surface area contributed by atoms with Gasteiger partial charge in [-0.05, 0) is 68.1 Å². The van der Waals surface area contributed by atoms with Gasteiger partial charge in [0.15, 0.2) is 5.78 Å². The highest BCUT2D eigenvalue weighted by molar-refractivity contribution is 6.11. The highest BCUT2D eigenvalue weighted by atomic mass is 16.5. The molecule has 1 N–H and O–H groups in total. The molecule has 2 heterocycles. The lowest BCUT2D eigenvalue weighted by Crippen LogP contribution is -2.51. The predicted octanol–water partition coefficient (Wildman–Crippen LogP) is 3.54. The molecule has 1 spiro atoms. The smallest absolute Gasteiger partial charge is 0.337 e. The van der Waals surface area contributed by atoms with Crippen LogP contribution in [0.2, 0.25) is 0 Å². The third kappa shape index (κ3) is 3.79. The number of ketones is 1. The fourth-order valence-electron chi connectivity index (χ4n) is 5.38. The van der Waals surface area contributed by atoms with Gasteiger partial charge in [-0.25, -0.2) is 9.59 Å². The number of hydrogen-bond donors (Lipinski definition) is 1. The Bertz CT molecular complexity index is 1410. The van der Waals surface area contributed by atoms with E-state index < -0.39 is 17.5 Å². The van der Waals surface area contributed by atoms with E-state index in [1.54, 1.807) is 30.3 Å². The topological polar surface area (TPSA) is 97.7 Å². The van der Waals surface area contributed by atoms with E-state index in [1.807, 2.05) is 42.7 Å². The van der Waals surface area contributed by atoms with Gasteiger partial charge in [0, 0.05) is 29.1 Å². The number of nitrogens with one attached hydrogen (secondary N) is 1. The molecule has 0 saturated carbocycles. The highest BCUT2D eigenvalue weighted by Crippen LogP contribution is 2.34. The molecule has 8 nitrogen and oxygen atoms in total. The fraction of sp³-hybridized carbons (Fsp3) is 0.286. The van der Waals surface area contributed by atoms with Gasteiger partial charge < -0.3 is 14.6 Å². The lowest BCUT2D eigenvalue weighted by Gasteiger charge is -2.32. The molecule has 1 aliphatic carbocycles. The Morgan fingerprint density at radius 2 is 1.72 bits per heavy atom. The average molecular weight is 486 g/mol. The first-order valence-electron chi connectivity index (χ1n) is 11.9. The van der Waals surface area contributed by atoms with Crippen LogP contribution in [0.4, 0.5) is 4.79 Å². The van der Waals surface area contributed by atoms with Gasteiger partial charge >= 0.3 is 12.0 Å². The fourth-order valence-corrected chi connectivity index (χ4v) is 5.38. The van der Waals surface area contributed by atoms with Crippen molar-refractivity contribution in [2.24, 2.45) is 0 Å². The van der Waals surface area contributed by atoms with Gasteiger partial charge in [-0.1, -0.05) is 24.3 Å². The first-order chi connectivity index (χ1) is 17.2. The molecule has 184 valence electrons. The maximum atomic E-state index is 13.4. The number of Topliss-reactive ketones (excluding diaryl/α,β-unsaturated/α-hetero) is 1. The second-order valence-corrected chi connectivity index (χ2v) is 9.43. The number of rotatable bonds is 5. The van der Waals surface area contributed by atoms with Crippen molar-refractivity contribution in [1.82, 2.24) is 14.8 Å². The second kappa shape index (κ2) is 8.78. The molecular weight excluding hydrogens is 458 g/mol. The summed E-state index contributed by atoms with van der Waals surface area (Å²) >= 11 is 0. The number of esters is 1. The van der Waals surface area contributed by atoms with Crippen molar-refractivity contribution in [2.75, 3.05) is 13.7 Å². The average Bonchev–Trinajstić information content (AvgIpc) is 3.30. The standard InChI is InChI=1S/C28H27N3O5/c1-17-14-23(18(2)31(17)22-10-8-20(9-11-22)25(33)36-3)24(32)16-30-26(34)28(29-27(30)35)13-12-19-6-4-5-7-21(19)15-28/h4-11,14H,12-13,15-16H2,1-3H3,(H,29,35). The summed E-state index contributed by atoms with van der Waals surface area (Å²) in [6.45, 7) is 3.37. The quantitative estimate of drug-likeness (QED) is 0.339. The number of imide groups is 1. The van der Waals surface area contributed by atoms with E-state index in [-0.39, 0.29) is 18.2 Å². The minimum absolute atomic E-state index is 0.308. The largest absolute Gasteiger partial charge is 0.465 e. The zero-order chi connectivity index (χ0) is 25.6. The Kier molecular flexibility index (Phi) is 5.74. The number of aryl methyl sites for hydroxylation is 2. The number of nitrogens with zero attached hydrogens (tertiary/aromatic N) is 2. The van der Waals surface area contributed by atoms with Crippen molar-refractivity contribution in [3.8, 4) is 5.69 Å². The molecule has 1 aromatic heterocycles. The van der Waals surface area contributed by atoms with Gasteiger partial charge in [0.1, 0.15) is 5.54 Å². The normalized spacial score (nSPS) is 18.8. The molecule has 3 amide bonds. The summed E-state index contributed by atoms with van der Waals surface area (Å²) in [5, 5.41) is 2.89. The molecule has 1 atom stereocenters. The number of benzene rings is 2. The Morgan fingerprint density at radius 3 is 2.42 bits per heavy atom. The summed E-state index contributed by atoms with van der Waals surface area (Å²) in [6, 6.07) is 16.1. The van der Waals surface area contributed by atoms with Crippen LogP contribution in [-0.2, 0) is 22.4 Å². The number of hydrogen-bond acceptors (Lipinski definition) is 5. The Morgan fingerprint density at radius 1 is 1.03 bits per heavy atom. The van der Waals surface area contributed by atoms with Crippen LogP contribution >= 0.6 is 0 Å². The minimum Gasteiger partial charge on any atom is -0.465 e. The zero-order valence-corrected chi connectivity index (χ0v) is 20.5.